The molecule has 29 heavy (non-hydrogen) atoms. The number of benzene rings is 1. The zero-order valence-corrected chi connectivity index (χ0v) is 18.0. The zero-order valence-electron chi connectivity index (χ0n) is 17.0. The van der Waals surface area contributed by atoms with Crippen LogP contribution in [0.15, 0.2) is 40.1 Å². The largest absolute Gasteiger partial charge is 0.459 e. The first kappa shape index (κ1) is 21.2. The summed E-state index contributed by atoms with van der Waals surface area (Å²) in [6.07, 6.45) is -0.858. The Kier molecular flexibility index (Phi) is 5.92. The Morgan fingerprint density at radius 3 is 2.69 bits per heavy atom. The summed E-state index contributed by atoms with van der Waals surface area (Å²) in [5.74, 6) is -0.459. The number of carbonyl (C=O) groups is 1. The van der Waals surface area contributed by atoms with E-state index in [4.69, 9.17) is 9.47 Å². The maximum Gasteiger partial charge on any atom is 0.338 e. The van der Waals surface area contributed by atoms with Crippen molar-refractivity contribution in [2.75, 3.05) is 6.61 Å². The van der Waals surface area contributed by atoms with Gasteiger partial charge in [0, 0.05) is 18.2 Å². The first-order valence-electron chi connectivity index (χ1n) is 9.50. The molecule has 1 fully saturated rings. The lowest BCUT2D eigenvalue weighted by molar-refractivity contribution is -0.0532. The Morgan fingerprint density at radius 1 is 1.31 bits per heavy atom. The number of nitrogens with zero attached hydrogens (tertiary/aromatic N) is 1. The van der Waals surface area contributed by atoms with Gasteiger partial charge in [0.15, 0.2) is 0 Å². The van der Waals surface area contributed by atoms with Crippen molar-refractivity contribution in [2.45, 2.75) is 51.4 Å². The van der Waals surface area contributed by atoms with E-state index >= 15 is 0 Å². The summed E-state index contributed by atoms with van der Waals surface area (Å²) in [6.45, 7) is 7.90. The SMILES string of the molecule is Cc1cn([C@H]2C[C@H](O)[C@@H](COC(=O)c3ccccc3[Si](C)(C)C)O2)c(=O)[nH]c1=O. The van der Waals surface area contributed by atoms with Gasteiger partial charge in [-0.3, -0.25) is 14.3 Å². The highest BCUT2D eigenvalue weighted by Gasteiger charge is 2.36. The molecular formula is C20H26N2O6Si. The lowest BCUT2D eigenvalue weighted by atomic mass is 10.2. The molecule has 1 aliphatic rings. The van der Waals surface area contributed by atoms with Gasteiger partial charge in [-0.05, 0) is 18.2 Å². The van der Waals surface area contributed by atoms with Gasteiger partial charge in [0.1, 0.15) is 18.9 Å². The maximum absolute atomic E-state index is 12.6. The summed E-state index contributed by atoms with van der Waals surface area (Å²) in [5, 5.41) is 11.3. The predicted octanol–water partition coefficient (Wildman–Crippen LogP) is 0.896. The lowest BCUT2D eigenvalue weighted by Gasteiger charge is -2.21. The summed E-state index contributed by atoms with van der Waals surface area (Å²) in [5.41, 5.74) is -0.181. The molecule has 0 spiro atoms. The van der Waals surface area contributed by atoms with Gasteiger partial charge in [0.2, 0.25) is 0 Å². The molecule has 1 aromatic carbocycles. The van der Waals surface area contributed by atoms with Gasteiger partial charge in [0.05, 0.1) is 19.7 Å². The fraction of sp³-hybridized carbons (Fsp3) is 0.450. The van der Waals surface area contributed by atoms with E-state index in [9.17, 15) is 19.5 Å². The molecule has 156 valence electrons. The monoisotopic (exact) mass is 418 g/mol. The molecule has 3 rings (SSSR count). The fourth-order valence-electron chi connectivity index (χ4n) is 3.39. The number of nitrogens with one attached hydrogen (secondary N) is 1. The fourth-order valence-corrected chi connectivity index (χ4v) is 4.98. The summed E-state index contributed by atoms with van der Waals surface area (Å²) in [7, 11) is -1.73. The van der Waals surface area contributed by atoms with Crippen molar-refractivity contribution in [3.63, 3.8) is 0 Å². The van der Waals surface area contributed by atoms with Crippen LogP contribution in [-0.4, -0.2) is 47.5 Å². The highest BCUT2D eigenvalue weighted by Crippen LogP contribution is 2.28. The van der Waals surface area contributed by atoms with E-state index in [1.165, 1.54) is 10.8 Å². The molecule has 0 aliphatic carbocycles. The molecule has 9 heteroatoms. The number of H-pyrrole nitrogens is 1. The van der Waals surface area contributed by atoms with E-state index in [1.807, 2.05) is 12.1 Å². The van der Waals surface area contributed by atoms with Crippen LogP contribution in [0.4, 0.5) is 0 Å². The van der Waals surface area contributed by atoms with Gasteiger partial charge in [-0.2, -0.15) is 0 Å². The number of carbonyl (C=O) groups excluding carboxylic acids is 1. The number of esters is 1. The van der Waals surface area contributed by atoms with E-state index in [0.29, 0.717) is 11.1 Å². The summed E-state index contributed by atoms with van der Waals surface area (Å²) < 4.78 is 12.4. The van der Waals surface area contributed by atoms with E-state index < -0.39 is 43.7 Å². The minimum atomic E-state index is -1.73. The second kappa shape index (κ2) is 8.09. The Balaban J connectivity index is 1.70. The Bertz CT molecular complexity index is 1020. The molecule has 8 nitrogen and oxygen atoms in total. The number of hydrogen-bond donors (Lipinski definition) is 2. The first-order valence-corrected chi connectivity index (χ1v) is 13.0. The molecule has 2 aromatic rings. The van der Waals surface area contributed by atoms with Crippen LogP contribution in [0.25, 0.3) is 0 Å². The average Bonchev–Trinajstić information content (AvgIpc) is 3.02. The van der Waals surface area contributed by atoms with Crippen molar-refractivity contribution in [3.8, 4) is 0 Å². The van der Waals surface area contributed by atoms with E-state index in [2.05, 4.69) is 24.6 Å². The van der Waals surface area contributed by atoms with Crippen molar-refractivity contribution >= 4 is 19.2 Å². The molecule has 0 bridgehead atoms. The molecule has 1 saturated heterocycles. The van der Waals surface area contributed by atoms with Gasteiger partial charge < -0.3 is 14.6 Å². The van der Waals surface area contributed by atoms with Crippen LogP contribution >= 0.6 is 0 Å². The van der Waals surface area contributed by atoms with E-state index in [0.717, 1.165) is 5.19 Å². The van der Waals surface area contributed by atoms with Crippen LogP contribution in [0, 0.1) is 6.92 Å². The number of aromatic amines is 1. The second-order valence-corrected chi connectivity index (χ2v) is 13.3. The van der Waals surface area contributed by atoms with Gasteiger partial charge >= 0.3 is 11.7 Å². The average molecular weight is 419 g/mol. The first-order chi connectivity index (χ1) is 13.6. The maximum atomic E-state index is 12.6. The molecule has 1 aromatic heterocycles. The van der Waals surface area contributed by atoms with Crippen LogP contribution in [0.3, 0.4) is 0 Å². The van der Waals surface area contributed by atoms with E-state index in [-0.39, 0.29) is 13.0 Å². The molecule has 0 amide bonds. The summed E-state index contributed by atoms with van der Waals surface area (Å²) >= 11 is 0. The molecule has 0 unspecified atom stereocenters. The highest BCUT2D eigenvalue weighted by molar-refractivity contribution is 6.89. The molecule has 3 atom stereocenters. The molecule has 2 heterocycles. The minimum Gasteiger partial charge on any atom is -0.459 e. The van der Waals surface area contributed by atoms with Crippen molar-refractivity contribution in [2.24, 2.45) is 0 Å². The van der Waals surface area contributed by atoms with Gasteiger partial charge in [0.25, 0.3) is 5.56 Å². The topological polar surface area (TPSA) is 111 Å². The van der Waals surface area contributed by atoms with Crippen LogP contribution in [-0.2, 0) is 9.47 Å². The highest BCUT2D eigenvalue weighted by atomic mass is 28.3. The third-order valence-electron chi connectivity index (χ3n) is 4.99. The Labute approximate surface area is 169 Å². The van der Waals surface area contributed by atoms with Crippen molar-refractivity contribution < 1.29 is 19.4 Å². The third kappa shape index (κ3) is 4.57. The zero-order chi connectivity index (χ0) is 21.3. The number of rotatable bonds is 5. The molecule has 2 N–H and O–H groups in total. The normalized spacial score (nSPS) is 21.9. The molecule has 0 radical (unpaired) electrons. The lowest BCUT2D eigenvalue weighted by Crippen LogP contribution is -2.41. The number of aliphatic hydroxyl groups excluding tert-OH is 1. The quantitative estimate of drug-likeness (QED) is 0.551. The van der Waals surface area contributed by atoms with Gasteiger partial charge in [-0.25, -0.2) is 9.59 Å². The van der Waals surface area contributed by atoms with Crippen molar-refractivity contribution in [3.05, 3.63) is 62.4 Å². The third-order valence-corrected chi connectivity index (χ3v) is 7.05. The van der Waals surface area contributed by atoms with Gasteiger partial charge in [-0.1, -0.05) is 37.8 Å². The number of aliphatic hydroxyl groups is 1. The van der Waals surface area contributed by atoms with Crippen molar-refractivity contribution in [1.82, 2.24) is 9.55 Å². The molecule has 1 aliphatic heterocycles. The standard InChI is InChI=1S/C20H26N2O6Si/c1-12-10-22(20(26)21-18(12)24)17-9-14(23)15(28-17)11-27-19(25)13-7-5-6-8-16(13)29(2,3)4/h5-8,10,14-15,17,23H,9,11H2,1-4H3,(H,21,24,26)/t14-,15+,17+/m0/s1. The molecular weight excluding hydrogens is 392 g/mol. The van der Waals surface area contributed by atoms with E-state index in [1.54, 1.807) is 19.1 Å². The molecule has 0 saturated carbocycles. The number of hydrogen-bond acceptors (Lipinski definition) is 6. The van der Waals surface area contributed by atoms with Gasteiger partial charge in [-0.15, -0.1) is 0 Å². The summed E-state index contributed by atoms with van der Waals surface area (Å²) in [6, 6.07) is 7.39. The summed E-state index contributed by atoms with van der Waals surface area (Å²) in [4.78, 5) is 38.4. The van der Waals surface area contributed by atoms with Crippen LogP contribution in [0.1, 0.15) is 28.6 Å². The number of ether oxygens (including phenoxy) is 2. The number of aromatic nitrogens is 2. The number of aryl methyl sites for hydroxylation is 1. The van der Waals surface area contributed by atoms with Crippen LogP contribution < -0.4 is 16.4 Å². The Hall–Kier alpha value is -2.49. The predicted molar refractivity (Wildman–Crippen MR) is 110 cm³/mol. The van der Waals surface area contributed by atoms with Crippen LogP contribution in [0.5, 0.6) is 0 Å². The van der Waals surface area contributed by atoms with Crippen LogP contribution in [0.2, 0.25) is 19.6 Å². The minimum absolute atomic E-state index is 0.131. The Morgan fingerprint density at radius 2 is 2.00 bits per heavy atom. The van der Waals surface area contributed by atoms with Crippen molar-refractivity contribution in [1.29, 1.82) is 0 Å². The second-order valence-electron chi connectivity index (χ2n) is 8.30. The smallest absolute Gasteiger partial charge is 0.338 e.